The minimum atomic E-state index is -0.538. The molecule has 4 nitrogen and oxygen atoms in total. The Kier molecular flexibility index (Phi) is 11.4. The summed E-state index contributed by atoms with van der Waals surface area (Å²) in [5.74, 6) is -0.713. The van der Waals surface area contributed by atoms with Crippen LogP contribution in [0.15, 0.2) is 0 Å². The summed E-state index contributed by atoms with van der Waals surface area (Å²) in [7, 11) is 1.43. The van der Waals surface area contributed by atoms with Crippen molar-refractivity contribution in [3.05, 3.63) is 0 Å². The van der Waals surface area contributed by atoms with E-state index in [1.54, 1.807) is 0 Å². The molecule has 0 aliphatic carbocycles. The Labute approximate surface area is 155 Å². The molecule has 0 bridgehead atoms. The monoisotopic (exact) mass is 356 g/mol. The number of carbonyl (C=O) groups is 1. The van der Waals surface area contributed by atoms with Crippen LogP contribution in [-0.2, 0) is 19.0 Å². The number of carbonyl (C=O) groups excluding carboxylic acids is 1. The van der Waals surface area contributed by atoms with E-state index < -0.39 is 5.79 Å². The molecule has 0 N–H and O–H groups in total. The Hall–Kier alpha value is -0.610. The molecule has 0 aromatic rings. The van der Waals surface area contributed by atoms with Crippen LogP contribution >= 0.6 is 0 Å². The average Bonchev–Trinajstić information content (AvgIpc) is 2.88. The smallest absolute Gasteiger partial charge is 0.305 e. The Balaban J connectivity index is 2.11. The van der Waals surface area contributed by atoms with Crippen LogP contribution < -0.4 is 0 Å². The van der Waals surface area contributed by atoms with Crippen LogP contribution in [0.3, 0.4) is 0 Å². The highest BCUT2D eigenvalue weighted by Crippen LogP contribution is 2.33. The van der Waals surface area contributed by atoms with Crippen molar-refractivity contribution < 1.29 is 19.0 Å². The van der Waals surface area contributed by atoms with Crippen molar-refractivity contribution in [2.24, 2.45) is 0 Å². The highest BCUT2D eigenvalue weighted by Gasteiger charge is 2.40. The van der Waals surface area contributed by atoms with Crippen molar-refractivity contribution in [3.8, 4) is 0 Å². The van der Waals surface area contributed by atoms with Gasteiger partial charge in [-0.1, -0.05) is 71.1 Å². The van der Waals surface area contributed by atoms with E-state index in [0.717, 1.165) is 6.42 Å². The molecule has 2 atom stereocenters. The van der Waals surface area contributed by atoms with Gasteiger partial charge in [-0.15, -0.1) is 0 Å². The molecule has 0 amide bonds. The van der Waals surface area contributed by atoms with Crippen molar-refractivity contribution in [2.75, 3.05) is 7.11 Å². The molecular weight excluding hydrogens is 316 g/mol. The van der Waals surface area contributed by atoms with Gasteiger partial charge in [0.05, 0.1) is 19.3 Å². The SMILES string of the molecule is CCCCCCCCCCCC[C@@H]1OC(C)(C)O[C@H]1CCC(=O)OC. The number of esters is 1. The third-order valence-electron chi connectivity index (χ3n) is 4.99. The molecule has 0 radical (unpaired) electrons. The first kappa shape index (κ1) is 22.4. The number of methoxy groups -OCH3 is 1. The van der Waals surface area contributed by atoms with Gasteiger partial charge in [-0.05, 0) is 26.7 Å². The second kappa shape index (κ2) is 12.7. The van der Waals surface area contributed by atoms with Gasteiger partial charge in [-0.25, -0.2) is 0 Å². The summed E-state index contributed by atoms with van der Waals surface area (Å²) in [6.07, 6.45) is 15.6. The van der Waals surface area contributed by atoms with E-state index in [0.29, 0.717) is 12.8 Å². The Morgan fingerprint density at radius 2 is 1.32 bits per heavy atom. The molecule has 4 heteroatoms. The molecule has 0 spiro atoms. The molecular formula is C21H40O4. The maximum absolute atomic E-state index is 11.4. The van der Waals surface area contributed by atoms with Crippen LogP contribution in [0.2, 0.25) is 0 Å². The van der Waals surface area contributed by atoms with E-state index in [2.05, 4.69) is 6.92 Å². The van der Waals surface area contributed by atoms with Crippen LogP contribution in [0.5, 0.6) is 0 Å². The van der Waals surface area contributed by atoms with E-state index in [1.165, 1.54) is 71.3 Å². The molecule has 1 aliphatic rings. The number of hydrogen-bond donors (Lipinski definition) is 0. The molecule has 0 aromatic carbocycles. The van der Waals surface area contributed by atoms with Gasteiger partial charge in [0.25, 0.3) is 0 Å². The van der Waals surface area contributed by atoms with E-state index in [1.807, 2.05) is 13.8 Å². The van der Waals surface area contributed by atoms with Crippen molar-refractivity contribution in [3.63, 3.8) is 0 Å². The molecule has 0 unspecified atom stereocenters. The summed E-state index contributed by atoms with van der Waals surface area (Å²) < 4.78 is 16.7. The molecule has 148 valence electrons. The van der Waals surface area contributed by atoms with Crippen LogP contribution in [0.1, 0.15) is 104 Å². The quantitative estimate of drug-likeness (QED) is 0.293. The first-order valence-electron chi connectivity index (χ1n) is 10.4. The second-order valence-electron chi connectivity index (χ2n) is 7.80. The first-order valence-corrected chi connectivity index (χ1v) is 10.4. The van der Waals surface area contributed by atoms with Crippen LogP contribution in [0.4, 0.5) is 0 Å². The lowest BCUT2D eigenvalue weighted by Gasteiger charge is -2.16. The Morgan fingerprint density at radius 1 is 0.840 bits per heavy atom. The van der Waals surface area contributed by atoms with E-state index in [4.69, 9.17) is 14.2 Å². The van der Waals surface area contributed by atoms with Crippen LogP contribution in [0.25, 0.3) is 0 Å². The summed E-state index contributed by atoms with van der Waals surface area (Å²) in [6, 6.07) is 0. The van der Waals surface area contributed by atoms with Gasteiger partial charge in [0.1, 0.15) is 0 Å². The van der Waals surface area contributed by atoms with Crippen molar-refractivity contribution >= 4 is 5.97 Å². The van der Waals surface area contributed by atoms with Gasteiger partial charge in [0.2, 0.25) is 0 Å². The fourth-order valence-electron chi connectivity index (χ4n) is 3.59. The minimum Gasteiger partial charge on any atom is -0.469 e. The lowest BCUT2D eigenvalue weighted by molar-refractivity contribution is -0.150. The maximum Gasteiger partial charge on any atom is 0.305 e. The number of unbranched alkanes of at least 4 members (excludes halogenated alkanes) is 9. The lowest BCUT2D eigenvalue weighted by Crippen LogP contribution is -2.23. The first-order chi connectivity index (χ1) is 12.0. The standard InChI is InChI=1S/C21H40O4/c1-5-6-7-8-9-10-11-12-13-14-15-18-19(16-17-20(22)23-4)25-21(2,3)24-18/h18-19H,5-17H2,1-4H3/t18-,19-/m0/s1. The largest absolute Gasteiger partial charge is 0.469 e. The fourth-order valence-corrected chi connectivity index (χ4v) is 3.59. The summed E-state index contributed by atoms with van der Waals surface area (Å²) in [5, 5.41) is 0. The minimum absolute atomic E-state index is 0.00710. The van der Waals surface area contributed by atoms with E-state index in [9.17, 15) is 4.79 Å². The predicted octanol–water partition coefficient (Wildman–Crippen LogP) is 5.77. The molecule has 1 fully saturated rings. The van der Waals surface area contributed by atoms with Crippen LogP contribution in [0, 0.1) is 0 Å². The topological polar surface area (TPSA) is 44.8 Å². The zero-order valence-corrected chi connectivity index (χ0v) is 17.0. The van der Waals surface area contributed by atoms with Gasteiger partial charge in [0, 0.05) is 6.42 Å². The van der Waals surface area contributed by atoms with Crippen molar-refractivity contribution in [2.45, 2.75) is 122 Å². The van der Waals surface area contributed by atoms with Gasteiger partial charge >= 0.3 is 5.97 Å². The van der Waals surface area contributed by atoms with E-state index >= 15 is 0 Å². The zero-order valence-electron chi connectivity index (χ0n) is 17.0. The third kappa shape index (κ3) is 10.2. The molecule has 0 aromatic heterocycles. The Morgan fingerprint density at radius 3 is 1.84 bits per heavy atom. The molecule has 1 rings (SSSR count). The lowest BCUT2D eigenvalue weighted by atomic mass is 10.0. The van der Waals surface area contributed by atoms with Gasteiger partial charge < -0.3 is 14.2 Å². The maximum atomic E-state index is 11.4. The van der Waals surface area contributed by atoms with Gasteiger partial charge in [-0.2, -0.15) is 0 Å². The third-order valence-corrected chi connectivity index (χ3v) is 4.99. The summed E-state index contributed by atoms with van der Waals surface area (Å²) in [5.41, 5.74) is 0. The van der Waals surface area contributed by atoms with Crippen molar-refractivity contribution in [1.82, 2.24) is 0 Å². The van der Waals surface area contributed by atoms with Crippen molar-refractivity contribution in [1.29, 1.82) is 0 Å². The number of rotatable bonds is 14. The summed E-state index contributed by atoms with van der Waals surface area (Å²) in [6.45, 7) is 6.17. The molecule has 1 heterocycles. The number of hydrogen-bond acceptors (Lipinski definition) is 4. The molecule has 25 heavy (non-hydrogen) atoms. The van der Waals surface area contributed by atoms with Gasteiger partial charge in [-0.3, -0.25) is 4.79 Å². The highest BCUT2D eigenvalue weighted by molar-refractivity contribution is 5.69. The highest BCUT2D eigenvalue weighted by atomic mass is 16.7. The summed E-state index contributed by atoms with van der Waals surface area (Å²) >= 11 is 0. The number of ether oxygens (including phenoxy) is 3. The van der Waals surface area contributed by atoms with Gasteiger partial charge in [0.15, 0.2) is 5.79 Å². The van der Waals surface area contributed by atoms with E-state index in [-0.39, 0.29) is 18.2 Å². The summed E-state index contributed by atoms with van der Waals surface area (Å²) in [4.78, 5) is 11.4. The normalized spacial score (nSPS) is 22.2. The molecule has 0 saturated carbocycles. The van der Waals surface area contributed by atoms with Crippen LogP contribution in [-0.4, -0.2) is 31.1 Å². The Bertz CT molecular complexity index is 354. The average molecular weight is 357 g/mol. The fraction of sp³-hybridized carbons (Fsp3) is 0.952. The zero-order chi connectivity index (χ0) is 18.5. The second-order valence-corrected chi connectivity index (χ2v) is 7.80. The predicted molar refractivity (Wildman–Crippen MR) is 102 cm³/mol. The molecule has 1 aliphatic heterocycles. The molecule has 1 saturated heterocycles.